The Balaban J connectivity index is 1.01. The summed E-state index contributed by atoms with van der Waals surface area (Å²) in [7, 11) is 0. The number of anilines is 6. The maximum Gasteiger partial charge on any atom is 0.161 e. The molecule has 5 heterocycles. The van der Waals surface area contributed by atoms with Gasteiger partial charge in [0.25, 0.3) is 0 Å². The van der Waals surface area contributed by atoms with E-state index < -0.39 is 11.2 Å². The summed E-state index contributed by atoms with van der Waals surface area (Å²) in [6.45, 7) is 0. The van der Waals surface area contributed by atoms with E-state index in [9.17, 15) is 10.5 Å². The van der Waals surface area contributed by atoms with Gasteiger partial charge in [-0.3, -0.25) is 0 Å². The molecule has 422 valence electrons. The molecule has 20 rings (SSSR count). The number of ether oxygens (including phenoxy) is 3. The Hall–Kier alpha value is -12.4. The van der Waals surface area contributed by atoms with Crippen LogP contribution < -0.4 is 19.3 Å². The van der Waals surface area contributed by atoms with E-state index in [1.807, 2.05) is 48.5 Å². The highest BCUT2D eigenvalue weighted by molar-refractivity contribution is 6.18. The largest absolute Gasteiger partial charge is 0.452 e. The number of aromatic nitrogens is 2. The van der Waals surface area contributed by atoms with Crippen molar-refractivity contribution in [2.45, 2.75) is 11.2 Å². The Morgan fingerprint density at radius 1 is 0.308 bits per heavy atom. The van der Waals surface area contributed by atoms with Gasteiger partial charge in [0.2, 0.25) is 0 Å². The Kier molecular flexibility index (Phi) is 9.88. The zero-order valence-corrected chi connectivity index (χ0v) is 48.5. The Morgan fingerprint density at radius 2 is 0.648 bits per heavy atom. The zero-order chi connectivity index (χ0) is 59.8. The van der Waals surface area contributed by atoms with Crippen molar-refractivity contribution in [3.8, 4) is 68.8 Å². The molecule has 2 spiro atoms. The molecule has 2 aliphatic carbocycles. The average Bonchev–Trinajstić information content (AvgIpc) is 1.49. The molecule has 0 radical (unpaired) electrons. The van der Waals surface area contributed by atoms with Crippen molar-refractivity contribution in [2.24, 2.45) is 0 Å². The molecule has 0 bridgehead atoms. The molecule has 91 heavy (non-hydrogen) atoms. The number of benzene rings is 13. The number of nitriles is 2. The molecular weight excluding hydrogens is 1120 g/mol. The first-order valence-corrected chi connectivity index (χ1v) is 30.6. The smallest absolute Gasteiger partial charge is 0.161 e. The maximum atomic E-state index is 13.3. The van der Waals surface area contributed by atoms with E-state index in [0.29, 0.717) is 79.4 Å². The monoisotopic (exact) mass is 1160 g/mol. The Morgan fingerprint density at radius 3 is 1.04 bits per heavy atom. The van der Waals surface area contributed by atoms with Gasteiger partial charge in [-0.25, -0.2) is 0 Å². The highest BCUT2D eigenvalue weighted by atomic mass is 16.5. The van der Waals surface area contributed by atoms with Crippen molar-refractivity contribution in [1.82, 2.24) is 9.13 Å². The molecule has 5 aliphatic rings. The summed E-state index contributed by atoms with van der Waals surface area (Å²) < 4.78 is 28.0. The van der Waals surface area contributed by atoms with Crippen molar-refractivity contribution in [2.75, 3.05) is 9.80 Å². The van der Waals surface area contributed by atoms with Crippen LogP contribution in [0.3, 0.4) is 0 Å². The second-order valence-electron chi connectivity index (χ2n) is 23.9. The lowest BCUT2D eigenvalue weighted by Gasteiger charge is -2.41. The number of hydrogen-bond donors (Lipinski definition) is 0. The van der Waals surface area contributed by atoms with Gasteiger partial charge in [-0.05, 0) is 107 Å². The van der Waals surface area contributed by atoms with E-state index in [1.54, 1.807) is 0 Å². The van der Waals surface area contributed by atoms with Gasteiger partial charge < -0.3 is 33.1 Å². The minimum atomic E-state index is -1.47. The van der Waals surface area contributed by atoms with Crippen molar-refractivity contribution in [1.29, 1.82) is 10.5 Å². The molecule has 0 amide bonds. The van der Waals surface area contributed by atoms with Gasteiger partial charge >= 0.3 is 0 Å². The topological polar surface area (TPSA) is 91.6 Å². The third-order valence-electron chi connectivity index (χ3n) is 19.6. The predicted octanol–water partition coefficient (Wildman–Crippen LogP) is 20.3. The van der Waals surface area contributed by atoms with Gasteiger partial charge in [0.05, 0.1) is 78.1 Å². The van der Waals surface area contributed by atoms with E-state index >= 15 is 0 Å². The van der Waals surface area contributed by atoms with Crippen LogP contribution in [0.2, 0.25) is 0 Å². The van der Waals surface area contributed by atoms with Crippen LogP contribution in [0, 0.1) is 22.7 Å². The van der Waals surface area contributed by atoms with Crippen molar-refractivity contribution < 1.29 is 14.2 Å². The van der Waals surface area contributed by atoms with E-state index in [4.69, 9.17) is 14.2 Å². The molecule has 9 heteroatoms. The first-order chi connectivity index (χ1) is 45.1. The lowest BCUT2D eigenvalue weighted by molar-refractivity contribution is -0.0488. The summed E-state index contributed by atoms with van der Waals surface area (Å²) in [5.41, 5.74) is 16.0. The number of fused-ring (bicyclic) bond motifs is 25. The van der Waals surface area contributed by atoms with Gasteiger partial charge in [-0.15, -0.1) is 0 Å². The van der Waals surface area contributed by atoms with Crippen molar-refractivity contribution in [3.63, 3.8) is 0 Å². The zero-order valence-electron chi connectivity index (χ0n) is 48.5. The second kappa shape index (κ2) is 18.1. The highest BCUT2D eigenvalue weighted by Crippen LogP contribution is 2.72. The van der Waals surface area contributed by atoms with Crippen LogP contribution in [0.15, 0.2) is 279 Å². The van der Waals surface area contributed by atoms with Crippen LogP contribution in [0.1, 0.15) is 44.5 Å². The molecule has 0 fully saturated rings. The summed E-state index contributed by atoms with van der Waals surface area (Å²) in [4.78, 5) is 4.41. The van der Waals surface area contributed by atoms with Crippen molar-refractivity contribution >= 4 is 77.7 Å². The summed E-state index contributed by atoms with van der Waals surface area (Å²) >= 11 is 0. The lowest BCUT2D eigenvalue weighted by atomic mass is 9.74. The second-order valence-corrected chi connectivity index (χ2v) is 23.9. The van der Waals surface area contributed by atoms with E-state index in [1.165, 1.54) is 0 Å². The molecule has 0 N–H and O–H groups in total. The molecule has 9 nitrogen and oxygen atoms in total. The SMILES string of the molecule is N#Cc1c(N2c3ccccc3Oc3c2ccc2c3c3ccccc3n2-c2ccccc2)c(N2c3ccccc3Oc3c2ccc2c3c3ccccc3n2-c2ccccc2)c(C#N)c2c1C1(OC23c2ccccc2-c2ccccc23)c2ccccc2-c2ccccc21. The van der Waals surface area contributed by atoms with Crippen LogP contribution in [0.25, 0.3) is 77.2 Å². The normalized spacial score (nSPS) is 14.4. The summed E-state index contributed by atoms with van der Waals surface area (Å²) in [6.07, 6.45) is 0. The van der Waals surface area contributed by atoms with Gasteiger partial charge in [0.15, 0.2) is 23.0 Å². The van der Waals surface area contributed by atoms with E-state index in [0.717, 1.165) is 99.5 Å². The first kappa shape index (κ1) is 49.7. The minimum absolute atomic E-state index is 0.330. The molecular formula is C82H46N6O3. The molecule has 3 aliphatic heterocycles. The fourth-order valence-electron chi connectivity index (χ4n) is 16.3. The van der Waals surface area contributed by atoms with E-state index in [2.05, 4.69) is 262 Å². The van der Waals surface area contributed by atoms with Crippen LogP contribution in [-0.4, -0.2) is 9.13 Å². The predicted molar refractivity (Wildman–Crippen MR) is 359 cm³/mol. The summed E-state index contributed by atoms with van der Waals surface area (Å²) in [5.74, 6) is 2.35. The Labute approximate surface area is 522 Å². The molecule has 2 aromatic heterocycles. The van der Waals surface area contributed by atoms with Gasteiger partial charge in [-0.2, -0.15) is 10.5 Å². The third-order valence-corrected chi connectivity index (χ3v) is 19.6. The quantitative estimate of drug-likeness (QED) is 0.173. The highest BCUT2D eigenvalue weighted by Gasteiger charge is 2.66. The molecule has 0 saturated carbocycles. The van der Waals surface area contributed by atoms with Gasteiger partial charge in [0, 0.05) is 55.5 Å². The number of para-hydroxylation sites is 8. The molecule has 15 aromatic rings. The van der Waals surface area contributed by atoms with Gasteiger partial charge in [-0.1, -0.05) is 194 Å². The van der Waals surface area contributed by atoms with Crippen LogP contribution in [0.5, 0.6) is 23.0 Å². The van der Waals surface area contributed by atoms with Gasteiger partial charge in [0.1, 0.15) is 23.3 Å². The maximum absolute atomic E-state index is 13.3. The lowest BCUT2D eigenvalue weighted by Crippen LogP contribution is -2.34. The number of nitrogens with zero attached hydrogens (tertiary/aromatic N) is 6. The molecule has 0 atom stereocenters. The first-order valence-electron chi connectivity index (χ1n) is 30.6. The number of hydrogen-bond acceptors (Lipinski definition) is 7. The van der Waals surface area contributed by atoms with Crippen molar-refractivity contribution in [3.05, 3.63) is 324 Å². The fourth-order valence-corrected chi connectivity index (χ4v) is 16.3. The third kappa shape index (κ3) is 6.19. The molecule has 0 saturated heterocycles. The number of rotatable bonds is 4. The molecule has 0 unspecified atom stereocenters. The van der Waals surface area contributed by atoms with E-state index in [-0.39, 0.29) is 0 Å². The summed E-state index contributed by atoms with van der Waals surface area (Å²) in [6, 6.07) is 102. The molecule has 13 aromatic carbocycles. The van der Waals surface area contributed by atoms with Crippen LogP contribution >= 0.6 is 0 Å². The fraction of sp³-hybridized carbons (Fsp3) is 0.0244. The Bertz CT molecular complexity index is 5380. The minimum Gasteiger partial charge on any atom is -0.452 e. The van der Waals surface area contributed by atoms with Crippen LogP contribution in [0.4, 0.5) is 34.1 Å². The van der Waals surface area contributed by atoms with Crippen LogP contribution in [-0.2, 0) is 15.9 Å². The standard InChI is InChI=1S/C82H46N6O3/c83-47-57-75-76(82(61-35-15-9-29-53(61)54-30-10-16-36-62(54)82)91-81(75)59-33-13-7-27-51(59)52-28-8-14-34-60(52)81)58(48-84)78(88-66-40-20-22-42-72(66)90-80-70(88)46-44-68-74(80)56-32-12-18-38-64(56)86(68)50-25-5-2-6-26-50)77(57)87-65-39-19-21-41-71(65)89-79-69(87)45-43-67-73(79)55-31-11-17-37-63(55)85(67)49-23-3-1-4-24-49/h1-46H. The summed E-state index contributed by atoms with van der Waals surface area (Å²) in [5, 5.41) is 30.3. The average molecular weight is 1160 g/mol.